The highest BCUT2D eigenvalue weighted by Crippen LogP contribution is 2.34. The molecule has 3 N–H and O–H groups in total. The Kier molecular flexibility index (Phi) is 7.14. The minimum atomic E-state index is -0.704. The van der Waals surface area contributed by atoms with Gasteiger partial charge in [0.2, 0.25) is 11.8 Å². The van der Waals surface area contributed by atoms with Crippen molar-refractivity contribution >= 4 is 23.5 Å². The molecule has 1 atom stereocenters. The minimum absolute atomic E-state index is 0.126. The molecule has 35 heavy (non-hydrogen) atoms. The van der Waals surface area contributed by atoms with Gasteiger partial charge in [0.25, 0.3) is 5.91 Å². The summed E-state index contributed by atoms with van der Waals surface area (Å²) in [4.78, 5) is 38.4. The number of allylic oxidation sites excluding steroid dienone is 4. The van der Waals surface area contributed by atoms with Crippen LogP contribution in [-0.2, 0) is 9.59 Å². The van der Waals surface area contributed by atoms with Crippen molar-refractivity contribution in [3.05, 3.63) is 66.5 Å². The van der Waals surface area contributed by atoms with Crippen molar-refractivity contribution in [2.75, 3.05) is 18.4 Å². The molecule has 0 radical (unpaired) electrons. The summed E-state index contributed by atoms with van der Waals surface area (Å²) in [5, 5.41) is 7.45. The van der Waals surface area contributed by atoms with Gasteiger partial charge in [0.05, 0.1) is 6.04 Å². The predicted octanol–water partition coefficient (Wildman–Crippen LogP) is 3.57. The SMILES string of the molecule is C=CC(=O)N1CCCC(n2nc(-c3ccc(OC4=CC=CCC4)cc3)c(C(N)=O)c2NC(C)=O)C1. The van der Waals surface area contributed by atoms with E-state index in [1.807, 2.05) is 12.2 Å². The smallest absolute Gasteiger partial charge is 0.254 e. The van der Waals surface area contributed by atoms with Gasteiger partial charge in [0.1, 0.15) is 28.6 Å². The number of primary amides is 1. The van der Waals surface area contributed by atoms with Crippen molar-refractivity contribution < 1.29 is 19.1 Å². The quantitative estimate of drug-likeness (QED) is 0.594. The van der Waals surface area contributed by atoms with Crippen molar-refractivity contribution in [3.63, 3.8) is 0 Å². The highest BCUT2D eigenvalue weighted by Gasteiger charge is 2.31. The zero-order chi connectivity index (χ0) is 24.9. The van der Waals surface area contributed by atoms with Crippen molar-refractivity contribution in [1.29, 1.82) is 0 Å². The molecule has 3 amide bonds. The summed E-state index contributed by atoms with van der Waals surface area (Å²) in [5.41, 5.74) is 6.91. The number of ether oxygens (including phenoxy) is 1. The van der Waals surface area contributed by atoms with Gasteiger partial charge in [-0.25, -0.2) is 4.68 Å². The Hall–Kier alpha value is -4.14. The predicted molar refractivity (Wildman–Crippen MR) is 133 cm³/mol. The Balaban J connectivity index is 1.71. The summed E-state index contributed by atoms with van der Waals surface area (Å²) >= 11 is 0. The normalized spacial score (nSPS) is 17.5. The number of anilines is 1. The van der Waals surface area contributed by atoms with Crippen LogP contribution in [0.3, 0.4) is 0 Å². The van der Waals surface area contributed by atoms with Gasteiger partial charge in [-0.1, -0.05) is 18.7 Å². The van der Waals surface area contributed by atoms with Gasteiger partial charge in [-0.05, 0) is 55.7 Å². The number of nitrogens with one attached hydrogen (secondary N) is 1. The van der Waals surface area contributed by atoms with E-state index in [9.17, 15) is 14.4 Å². The highest BCUT2D eigenvalue weighted by atomic mass is 16.5. The molecular weight excluding hydrogens is 446 g/mol. The second kappa shape index (κ2) is 10.4. The topological polar surface area (TPSA) is 120 Å². The zero-order valence-corrected chi connectivity index (χ0v) is 19.7. The second-order valence-corrected chi connectivity index (χ2v) is 8.57. The first-order valence-corrected chi connectivity index (χ1v) is 11.6. The Bertz CT molecular complexity index is 1210. The fourth-order valence-corrected chi connectivity index (χ4v) is 4.40. The maximum atomic E-state index is 12.5. The first-order chi connectivity index (χ1) is 16.9. The van der Waals surface area contributed by atoms with E-state index in [1.165, 1.54) is 13.0 Å². The molecule has 1 aliphatic heterocycles. The second-order valence-electron chi connectivity index (χ2n) is 8.57. The summed E-state index contributed by atoms with van der Waals surface area (Å²) in [7, 11) is 0. The average molecular weight is 476 g/mol. The number of carbonyl (C=O) groups is 3. The largest absolute Gasteiger partial charge is 0.462 e. The van der Waals surface area contributed by atoms with Crippen LogP contribution in [0.2, 0.25) is 0 Å². The van der Waals surface area contributed by atoms with E-state index in [0.717, 1.165) is 31.4 Å². The standard InChI is InChI=1S/C26H29N5O4/c1-3-22(33)30-15-7-8-19(16-30)31-26(28-17(2)32)23(25(27)34)24(29-31)18-11-13-21(14-12-18)35-20-9-5-4-6-10-20/h3-5,9,11-14,19H,1,6-8,10,15-16H2,2H3,(H2,27,34)(H,28,32). The third-order valence-corrected chi connectivity index (χ3v) is 6.03. The average Bonchev–Trinajstić information content (AvgIpc) is 3.23. The molecule has 1 unspecified atom stereocenters. The molecule has 2 aliphatic rings. The number of nitrogens with two attached hydrogens (primary N) is 1. The molecule has 1 aromatic carbocycles. The third kappa shape index (κ3) is 5.34. The molecule has 1 fully saturated rings. The molecule has 9 nitrogen and oxygen atoms in total. The van der Waals surface area contributed by atoms with Gasteiger partial charge in [-0.3, -0.25) is 14.4 Å². The lowest BCUT2D eigenvalue weighted by atomic mass is 10.0. The number of hydrogen-bond donors (Lipinski definition) is 2. The molecule has 1 saturated heterocycles. The summed E-state index contributed by atoms with van der Waals surface area (Å²) in [5.74, 6) is 0.558. The third-order valence-electron chi connectivity index (χ3n) is 6.03. The lowest BCUT2D eigenvalue weighted by Gasteiger charge is -2.33. The molecule has 1 aliphatic carbocycles. The molecule has 2 heterocycles. The molecule has 1 aromatic heterocycles. The summed E-state index contributed by atoms with van der Waals surface area (Å²) in [6.45, 7) is 5.92. The molecule has 0 spiro atoms. The first-order valence-electron chi connectivity index (χ1n) is 11.6. The van der Waals surface area contributed by atoms with Crippen LogP contribution in [0.15, 0.2) is 60.9 Å². The van der Waals surface area contributed by atoms with E-state index >= 15 is 0 Å². The molecule has 182 valence electrons. The number of benzene rings is 1. The fourth-order valence-electron chi connectivity index (χ4n) is 4.40. The van der Waals surface area contributed by atoms with Crippen LogP contribution in [-0.4, -0.2) is 45.5 Å². The molecular formula is C26H29N5O4. The van der Waals surface area contributed by atoms with Crippen molar-refractivity contribution in [3.8, 4) is 17.0 Å². The van der Waals surface area contributed by atoms with E-state index in [4.69, 9.17) is 15.6 Å². The van der Waals surface area contributed by atoms with Crippen molar-refractivity contribution in [2.24, 2.45) is 5.73 Å². The number of aromatic nitrogens is 2. The van der Waals surface area contributed by atoms with Crippen LogP contribution in [0.1, 0.15) is 49.0 Å². The Labute approximate surface area is 203 Å². The zero-order valence-electron chi connectivity index (χ0n) is 19.7. The van der Waals surface area contributed by atoms with E-state index in [2.05, 4.69) is 18.0 Å². The number of hydrogen-bond acceptors (Lipinski definition) is 5. The van der Waals surface area contributed by atoms with Crippen LogP contribution in [0.4, 0.5) is 5.82 Å². The molecule has 0 saturated carbocycles. The number of rotatable bonds is 7. The maximum absolute atomic E-state index is 12.5. The van der Waals surface area contributed by atoms with Gasteiger partial charge in [0, 0.05) is 32.0 Å². The number of carbonyl (C=O) groups excluding carboxylic acids is 3. The van der Waals surface area contributed by atoms with Gasteiger partial charge in [-0.15, -0.1) is 0 Å². The van der Waals surface area contributed by atoms with Gasteiger partial charge >= 0.3 is 0 Å². The van der Waals surface area contributed by atoms with Gasteiger partial charge in [-0.2, -0.15) is 5.10 Å². The molecule has 9 heteroatoms. The first kappa shape index (κ1) is 24.0. The number of amides is 3. The monoisotopic (exact) mass is 475 g/mol. The van der Waals surface area contributed by atoms with Crippen molar-refractivity contribution in [1.82, 2.24) is 14.7 Å². The van der Waals surface area contributed by atoms with Crippen LogP contribution < -0.4 is 15.8 Å². The fraction of sp³-hybridized carbons (Fsp3) is 0.308. The van der Waals surface area contributed by atoms with E-state index in [1.54, 1.807) is 33.8 Å². The van der Waals surface area contributed by atoms with E-state index < -0.39 is 5.91 Å². The molecule has 4 rings (SSSR count). The maximum Gasteiger partial charge on any atom is 0.254 e. The summed E-state index contributed by atoms with van der Waals surface area (Å²) in [6.07, 6.45) is 10.5. The van der Waals surface area contributed by atoms with Crippen LogP contribution in [0.5, 0.6) is 5.75 Å². The number of piperidine rings is 1. The van der Waals surface area contributed by atoms with E-state index in [0.29, 0.717) is 30.1 Å². The van der Waals surface area contributed by atoms with Gasteiger partial charge < -0.3 is 20.7 Å². The minimum Gasteiger partial charge on any atom is -0.462 e. The van der Waals surface area contributed by atoms with E-state index in [-0.39, 0.29) is 29.2 Å². The number of nitrogens with zero attached hydrogens (tertiary/aromatic N) is 3. The van der Waals surface area contributed by atoms with Gasteiger partial charge in [0.15, 0.2) is 0 Å². The molecule has 0 bridgehead atoms. The highest BCUT2D eigenvalue weighted by molar-refractivity contribution is 6.06. The summed E-state index contributed by atoms with van der Waals surface area (Å²) in [6, 6.07) is 6.98. The van der Waals surface area contributed by atoms with Crippen molar-refractivity contribution in [2.45, 2.75) is 38.6 Å². The van der Waals surface area contributed by atoms with Crippen LogP contribution in [0.25, 0.3) is 11.3 Å². The molecule has 2 aromatic rings. The van der Waals surface area contributed by atoms with Crippen LogP contribution >= 0.6 is 0 Å². The Morgan fingerprint density at radius 3 is 2.66 bits per heavy atom. The summed E-state index contributed by atoms with van der Waals surface area (Å²) < 4.78 is 7.55. The lowest BCUT2D eigenvalue weighted by Crippen LogP contribution is -2.40. The lowest BCUT2D eigenvalue weighted by molar-refractivity contribution is -0.127. The van der Waals surface area contributed by atoms with Crippen LogP contribution in [0, 0.1) is 0 Å². The Morgan fingerprint density at radius 2 is 2.03 bits per heavy atom. The Morgan fingerprint density at radius 1 is 1.26 bits per heavy atom. The number of likely N-dealkylation sites (tertiary alicyclic amines) is 1.